The van der Waals surface area contributed by atoms with Gasteiger partial charge in [-0.1, -0.05) is 12.1 Å². The van der Waals surface area contributed by atoms with E-state index in [1.54, 1.807) is 12.1 Å². The molecule has 0 aromatic heterocycles. The van der Waals surface area contributed by atoms with Gasteiger partial charge in [-0.3, -0.25) is 4.99 Å². The summed E-state index contributed by atoms with van der Waals surface area (Å²) in [7, 11) is 0. The number of halogens is 2. The largest absolute Gasteiger partial charge is 0.381 e. The van der Waals surface area contributed by atoms with Crippen LogP contribution in [0.5, 0.6) is 0 Å². The molecule has 7 heteroatoms. The van der Waals surface area contributed by atoms with Crippen molar-refractivity contribution in [3.05, 3.63) is 35.6 Å². The normalized spacial score (nSPS) is 19.0. The lowest BCUT2D eigenvalue weighted by molar-refractivity contribution is -0.0320. The molecular formula is C21H33FIN3O2. The van der Waals surface area contributed by atoms with E-state index in [1.165, 1.54) is 6.07 Å². The third-order valence-corrected chi connectivity index (χ3v) is 5.31. The fourth-order valence-electron chi connectivity index (χ4n) is 3.45. The molecular weight excluding hydrogens is 472 g/mol. The van der Waals surface area contributed by atoms with Crippen LogP contribution in [0.1, 0.15) is 44.6 Å². The summed E-state index contributed by atoms with van der Waals surface area (Å²) < 4.78 is 24.8. The number of rotatable bonds is 9. The highest BCUT2D eigenvalue weighted by molar-refractivity contribution is 14.0. The lowest BCUT2D eigenvalue weighted by Gasteiger charge is -2.22. The zero-order chi connectivity index (χ0) is 19.0. The van der Waals surface area contributed by atoms with Gasteiger partial charge in [0.2, 0.25) is 0 Å². The Morgan fingerprint density at radius 1 is 1.29 bits per heavy atom. The first kappa shape index (κ1) is 23.3. The molecule has 1 aliphatic carbocycles. The lowest BCUT2D eigenvalue weighted by Crippen LogP contribution is -2.38. The van der Waals surface area contributed by atoms with Gasteiger partial charge in [-0.2, -0.15) is 0 Å². The second kappa shape index (κ2) is 11.9. The quantitative estimate of drug-likeness (QED) is 0.233. The van der Waals surface area contributed by atoms with Crippen molar-refractivity contribution < 1.29 is 13.9 Å². The third kappa shape index (κ3) is 7.15. The Morgan fingerprint density at radius 3 is 2.75 bits per heavy atom. The SMILES string of the molecule is CCNC(=NCC1(c2cccc(F)c2)CC1)NCCCOC1CCOCC1.I. The monoisotopic (exact) mass is 505 g/mol. The van der Waals surface area contributed by atoms with Crippen LogP contribution in [0.2, 0.25) is 0 Å². The molecule has 0 radical (unpaired) electrons. The Kier molecular flexibility index (Phi) is 9.94. The minimum Gasteiger partial charge on any atom is -0.381 e. The summed E-state index contributed by atoms with van der Waals surface area (Å²) in [5.41, 5.74) is 1.07. The molecule has 3 rings (SSSR count). The average Bonchev–Trinajstić information content (AvgIpc) is 3.48. The summed E-state index contributed by atoms with van der Waals surface area (Å²) in [4.78, 5) is 4.76. The van der Waals surface area contributed by atoms with Crippen molar-refractivity contribution in [2.75, 3.05) is 39.5 Å². The average molecular weight is 505 g/mol. The number of aliphatic imine (C=N–C) groups is 1. The second-order valence-corrected chi connectivity index (χ2v) is 7.45. The molecule has 2 N–H and O–H groups in total. The van der Waals surface area contributed by atoms with Gasteiger partial charge in [0.15, 0.2) is 5.96 Å². The summed E-state index contributed by atoms with van der Waals surface area (Å²) >= 11 is 0. The van der Waals surface area contributed by atoms with Crippen LogP contribution in [0.3, 0.4) is 0 Å². The van der Waals surface area contributed by atoms with Gasteiger partial charge < -0.3 is 20.1 Å². The molecule has 0 atom stereocenters. The summed E-state index contributed by atoms with van der Waals surface area (Å²) in [5, 5.41) is 6.68. The molecule has 1 saturated heterocycles. The van der Waals surface area contributed by atoms with Crippen LogP contribution in [0.25, 0.3) is 0 Å². The molecule has 1 aromatic rings. The number of ether oxygens (including phenoxy) is 2. The Labute approximate surface area is 184 Å². The predicted octanol–water partition coefficient (Wildman–Crippen LogP) is 3.62. The van der Waals surface area contributed by atoms with Gasteiger partial charge in [0.25, 0.3) is 0 Å². The maximum Gasteiger partial charge on any atom is 0.191 e. The molecule has 1 aliphatic heterocycles. The minimum atomic E-state index is -0.169. The molecule has 1 aromatic carbocycles. The van der Waals surface area contributed by atoms with E-state index in [4.69, 9.17) is 14.5 Å². The van der Waals surface area contributed by atoms with Crippen LogP contribution in [-0.2, 0) is 14.9 Å². The zero-order valence-electron chi connectivity index (χ0n) is 16.7. The van der Waals surface area contributed by atoms with Crippen molar-refractivity contribution in [2.24, 2.45) is 4.99 Å². The van der Waals surface area contributed by atoms with Gasteiger partial charge in [0, 0.05) is 38.3 Å². The Bertz CT molecular complexity index is 619. The number of hydrogen-bond donors (Lipinski definition) is 2. The van der Waals surface area contributed by atoms with Gasteiger partial charge >= 0.3 is 0 Å². The van der Waals surface area contributed by atoms with Gasteiger partial charge in [-0.05, 0) is 56.7 Å². The molecule has 2 aliphatic rings. The van der Waals surface area contributed by atoms with Crippen LogP contribution in [0, 0.1) is 5.82 Å². The van der Waals surface area contributed by atoms with Crippen molar-refractivity contribution in [3.8, 4) is 0 Å². The first-order valence-electron chi connectivity index (χ1n) is 10.2. The van der Waals surface area contributed by atoms with Crippen molar-refractivity contribution in [3.63, 3.8) is 0 Å². The highest BCUT2D eigenvalue weighted by Crippen LogP contribution is 2.48. The molecule has 0 amide bonds. The van der Waals surface area contributed by atoms with Crippen LogP contribution < -0.4 is 10.6 Å². The van der Waals surface area contributed by atoms with Crippen LogP contribution in [-0.4, -0.2) is 51.5 Å². The van der Waals surface area contributed by atoms with E-state index in [9.17, 15) is 4.39 Å². The van der Waals surface area contributed by atoms with Crippen molar-refractivity contribution in [1.29, 1.82) is 0 Å². The van der Waals surface area contributed by atoms with Gasteiger partial charge in [-0.15, -0.1) is 24.0 Å². The fraction of sp³-hybridized carbons (Fsp3) is 0.667. The van der Waals surface area contributed by atoms with Gasteiger partial charge in [0.1, 0.15) is 5.82 Å². The molecule has 158 valence electrons. The van der Waals surface area contributed by atoms with E-state index in [0.717, 1.165) is 76.5 Å². The molecule has 0 bridgehead atoms. The van der Waals surface area contributed by atoms with Crippen LogP contribution in [0.15, 0.2) is 29.3 Å². The number of benzene rings is 1. The van der Waals surface area contributed by atoms with Crippen molar-refractivity contribution >= 4 is 29.9 Å². The highest BCUT2D eigenvalue weighted by atomic mass is 127. The van der Waals surface area contributed by atoms with E-state index in [1.807, 2.05) is 6.07 Å². The van der Waals surface area contributed by atoms with Gasteiger partial charge in [0.05, 0.1) is 12.6 Å². The summed E-state index contributed by atoms with van der Waals surface area (Å²) in [6, 6.07) is 6.95. The third-order valence-electron chi connectivity index (χ3n) is 5.31. The molecule has 2 fully saturated rings. The minimum absolute atomic E-state index is 0. The van der Waals surface area contributed by atoms with Crippen molar-refractivity contribution in [2.45, 2.75) is 50.5 Å². The van der Waals surface area contributed by atoms with Gasteiger partial charge in [-0.25, -0.2) is 4.39 Å². The fourth-order valence-corrected chi connectivity index (χ4v) is 3.45. The maximum atomic E-state index is 13.5. The van der Waals surface area contributed by atoms with E-state index >= 15 is 0 Å². The van der Waals surface area contributed by atoms with Crippen molar-refractivity contribution in [1.82, 2.24) is 10.6 Å². The van der Waals surface area contributed by atoms with E-state index in [-0.39, 0.29) is 35.2 Å². The Balaban J connectivity index is 0.00000280. The first-order chi connectivity index (χ1) is 13.2. The highest BCUT2D eigenvalue weighted by Gasteiger charge is 2.44. The number of nitrogens with one attached hydrogen (secondary N) is 2. The summed E-state index contributed by atoms with van der Waals surface area (Å²) in [5.74, 6) is 0.656. The van der Waals surface area contributed by atoms with Crippen LogP contribution >= 0.6 is 24.0 Å². The van der Waals surface area contributed by atoms with E-state index in [2.05, 4.69) is 17.6 Å². The molecule has 0 spiro atoms. The number of hydrogen-bond acceptors (Lipinski definition) is 3. The standard InChI is InChI=1S/C21H32FN3O2.HI/c1-2-23-20(24-11-4-12-27-19-7-13-26-14-8-19)25-16-21(9-10-21)17-5-3-6-18(22)15-17;/h3,5-6,15,19H,2,4,7-14,16H2,1H3,(H2,23,24,25);1H. The summed E-state index contributed by atoms with van der Waals surface area (Å²) in [6.07, 6.45) is 5.42. The van der Waals surface area contributed by atoms with E-state index in [0.29, 0.717) is 12.6 Å². The second-order valence-electron chi connectivity index (χ2n) is 7.45. The molecule has 28 heavy (non-hydrogen) atoms. The number of guanidine groups is 1. The first-order valence-corrected chi connectivity index (χ1v) is 10.2. The Hall–Kier alpha value is -0.930. The number of nitrogens with zero attached hydrogens (tertiary/aromatic N) is 1. The maximum absolute atomic E-state index is 13.5. The molecule has 1 heterocycles. The Morgan fingerprint density at radius 2 is 2.07 bits per heavy atom. The molecule has 5 nitrogen and oxygen atoms in total. The molecule has 0 unspecified atom stereocenters. The lowest BCUT2D eigenvalue weighted by atomic mass is 9.96. The topological polar surface area (TPSA) is 54.9 Å². The van der Waals surface area contributed by atoms with Crippen LogP contribution in [0.4, 0.5) is 4.39 Å². The van der Waals surface area contributed by atoms with E-state index < -0.39 is 0 Å². The molecule has 1 saturated carbocycles. The predicted molar refractivity (Wildman–Crippen MR) is 121 cm³/mol. The smallest absolute Gasteiger partial charge is 0.191 e. The summed E-state index contributed by atoms with van der Waals surface area (Å²) in [6.45, 7) is 6.76. The zero-order valence-corrected chi connectivity index (χ0v) is 19.0.